The molecule has 1 heterocycles. The van der Waals surface area contributed by atoms with Crippen molar-refractivity contribution in [3.63, 3.8) is 0 Å². The third kappa shape index (κ3) is 4.15. The number of hydrogen-bond donors (Lipinski definition) is 2. The largest absolute Gasteiger partial charge is 0.497 e. The number of fused-ring (bicyclic) bond motifs is 1. The fourth-order valence-corrected chi connectivity index (χ4v) is 3.09. The molecule has 2 aromatic carbocycles. The van der Waals surface area contributed by atoms with Gasteiger partial charge in [-0.2, -0.15) is 0 Å². The summed E-state index contributed by atoms with van der Waals surface area (Å²) in [5.74, 6) is 0.658. The first-order valence-electron chi connectivity index (χ1n) is 7.70. The SMILES string of the molecule is COc1cc(Nc2nc(SCC(=O)O)c3ccccc3n2)cc(OC)c1. The van der Waals surface area contributed by atoms with E-state index in [-0.39, 0.29) is 5.75 Å². The van der Waals surface area contributed by atoms with Gasteiger partial charge in [0.25, 0.3) is 0 Å². The highest BCUT2D eigenvalue weighted by molar-refractivity contribution is 8.00. The summed E-state index contributed by atoms with van der Waals surface area (Å²) in [5, 5.41) is 13.5. The lowest BCUT2D eigenvalue weighted by atomic mass is 10.2. The van der Waals surface area contributed by atoms with Crippen molar-refractivity contribution in [1.29, 1.82) is 0 Å². The van der Waals surface area contributed by atoms with Gasteiger partial charge in [-0.1, -0.05) is 30.0 Å². The first-order valence-corrected chi connectivity index (χ1v) is 8.69. The van der Waals surface area contributed by atoms with E-state index in [0.29, 0.717) is 28.2 Å². The van der Waals surface area contributed by atoms with Crippen LogP contribution in [0.15, 0.2) is 47.5 Å². The number of aliphatic carboxylic acids is 1. The fourth-order valence-electron chi connectivity index (χ4n) is 2.35. The Morgan fingerprint density at radius 1 is 1.12 bits per heavy atom. The van der Waals surface area contributed by atoms with Gasteiger partial charge in [0.05, 0.1) is 25.5 Å². The minimum absolute atomic E-state index is 0.0760. The fraction of sp³-hybridized carbons (Fsp3) is 0.167. The van der Waals surface area contributed by atoms with Gasteiger partial charge in [-0.25, -0.2) is 9.97 Å². The number of para-hydroxylation sites is 1. The van der Waals surface area contributed by atoms with Crippen molar-refractivity contribution in [3.05, 3.63) is 42.5 Å². The van der Waals surface area contributed by atoms with E-state index in [1.807, 2.05) is 24.3 Å². The lowest BCUT2D eigenvalue weighted by Crippen LogP contribution is -2.02. The van der Waals surface area contributed by atoms with Crippen molar-refractivity contribution in [2.45, 2.75) is 5.03 Å². The molecule has 1 aromatic heterocycles. The number of nitrogens with one attached hydrogen (secondary N) is 1. The van der Waals surface area contributed by atoms with E-state index in [0.717, 1.165) is 22.7 Å². The second-order valence-corrected chi connectivity index (χ2v) is 6.24. The van der Waals surface area contributed by atoms with Crippen LogP contribution in [-0.2, 0) is 4.79 Å². The number of thioether (sulfide) groups is 1. The minimum atomic E-state index is -0.898. The number of benzene rings is 2. The van der Waals surface area contributed by atoms with E-state index >= 15 is 0 Å². The molecule has 0 atom stereocenters. The summed E-state index contributed by atoms with van der Waals surface area (Å²) in [6, 6.07) is 12.8. The molecule has 26 heavy (non-hydrogen) atoms. The first kappa shape index (κ1) is 17.8. The van der Waals surface area contributed by atoms with E-state index in [2.05, 4.69) is 15.3 Å². The Morgan fingerprint density at radius 2 is 1.81 bits per heavy atom. The van der Waals surface area contributed by atoms with Crippen molar-refractivity contribution >= 4 is 40.3 Å². The molecule has 3 aromatic rings. The monoisotopic (exact) mass is 371 g/mol. The van der Waals surface area contributed by atoms with E-state index in [1.165, 1.54) is 0 Å². The average Bonchev–Trinajstić information content (AvgIpc) is 2.65. The molecule has 3 rings (SSSR count). The van der Waals surface area contributed by atoms with Crippen LogP contribution in [0.25, 0.3) is 10.9 Å². The number of hydrogen-bond acceptors (Lipinski definition) is 7. The Bertz CT molecular complexity index is 927. The van der Waals surface area contributed by atoms with Crippen LogP contribution in [0, 0.1) is 0 Å². The smallest absolute Gasteiger partial charge is 0.313 e. The van der Waals surface area contributed by atoms with Gasteiger partial charge in [-0.15, -0.1) is 0 Å². The van der Waals surface area contributed by atoms with Crippen LogP contribution in [0.4, 0.5) is 11.6 Å². The standard InChI is InChI=1S/C18H17N3O4S/c1-24-12-7-11(8-13(9-12)25-2)19-18-20-15-6-4-3-5-14(15)17(21-18)26-10-16(22)23/h3-9H,10H2,1-2H3,(H,22,23)(H,19,20,21). The average molecular weight is 371 g/mol. The van der Waals surface area contributed by atoms with E-state index in [9.17, 15) is 4.79 Å². The molecular formula is C18H17N3O4S. The quantitative estimate of drug-likeness (QED) is 0.481. The number of carboxylic acids is 1. The molecule has 0 aliphatic carbocycles. The van der Waals surface area contributed by atoms with Crippen molar-refractivity contribution in [3.8, 4) is 11.5 Å². The van der Waals surface area contributed by atoms with Crippen LogP contribution in [0.5, 0.6) is 11.5 Å². The molecule has 0 aliphatic heterocycles. The maximum absolute atomic E-state index is 10.9. The van der Waals surface area contributed by atoms with Crippen molar-refractivity contribution in [1.82, 2.24) is 9.97 Å². The summed E-state index contributed by atoms with van der Waals surface area (Å²) < 4.78 is 10.5. The zero-order chi connectivity index (χ0) is 18.5. The van der Waals surface area contributed by atoms with Crippen LogP contribution in [0.1, 0.15) is 0 Å². The third-order valence-electron chi connectivity index (χ3n) is 3.51. The summed E-state index contributed by atoms with van der Waals surface area (Å²) in [5.41, 5.74) is 1.43. The van der Waals surface area contributed by atoms with Crippen LogP contribution < -0.4 is 14.8 Å². The van der Waals surface area contributed by atoms with Crippen molar-refractivity contribution in [2.75, 3.05) is 25.3 Å². The summed E-state index contributed by atoms with van der Waals surface area (Å²) in [4.78, 5) is 19.9. The normalized spacial score (nSPS) is 10.5. The Balaban J connectivity index is 1.98. The highest BCUT2D eigenvalue weighted by Gasteiger charge is 2.11. The molecule has 0 unspecified atom stereocenters. The lowest BCUT2D eigenvalue weighted by Gasteiger charge is -2.11. The molecule has 8 heteroatoms. The highest BCUT2D eigenvalue weighted by atomic mass is 32.2. The molecule has 0 saturated carbocycles. The molecule has 0 amide bonds. The van der Waals surface area contributed by atoms with Gasteiger partial charge < -0.3 is 19.9 Å². The predicted octanol–water partition coefficient (Wildman–Crippen LogP) is 3.57. The van der Waals surface area contributed by atoms with E-state index in [4.69, 9.17) is 14.6 Å². The number of aromatic nitrogens is 2. The molecule has 0 saturated heterocycles. The number of carbonyl (C=O) groups is 1. The molecule has 2 N–H and O–H groups in total. The van der Waals surface area contributed by atoms with Crippen LogP contribution in [0.2, 0.25) is 0 Å². The summed E-state index contributed by atoms with van der Waals surface area (Å²) in [6.07, 6.45) is 0. The number of carboxylic acid groups (broad SMARTS) is 1. The van der Waals surface area contributed by atoms with Gasteiger partial charge in [0.1, 0.15) is 16.5 Å². The number of anilines is 2. The Hall–Kier alpha value is -3.00. The molecule has 0 aliphatic rings. The molecular weight excluding hydrogens is 354 g/mol. The number of nitrogens with zero attached hydrogens (tertiary/aromatic N) is 2. The van der Waals surface area contributed by atoms with Gasteiger partial charge in [-0.05, 0) is 6.07 Å². The van der Waals surface area contributed by atoms with Crippen LogP contribution >= 0.6 is 11.8 Å². The van der Waals surface area contributed by atoms with Gasteiger partial charge in [-0.3, -0.25) is 4.79 Å². The van der Waals surface area contributed by atoms with E-state index < -0.39 is 5.97 Å². The van der Waals surface area contributed by atoms with Gasteiger partial charge >= 0.3 is 5.97 Å². The Kier molecular flexibility index (Phi) is 5.43. The molecule has 7 nitrogen and oxygen atoms in total. The number of methoxy groups -OCH3 is 2. The molecule has 0 spiro atoms. The van der Waals surface area contributed by atoms with E-state index in [1.54, 1.807) is 32.4 Å². The summed E-state index contributed by atoms with van der Waals surface area (Å²) in [6.45, 7) is 0. The highest BCUT2D eigenvalue weighted by Crippen LogP contribution is 2.30. The molecule has 0 bridgehead atoms. The molecule has 134 valence electrons. The third-order valence-corrected chi connectivity index (χ3v) is 4.48. The maximum atomic E-state index is 10.9. The van der Waals surface area contributed by atoms with Crippen molar-refractivity contribution < 1.29 is 19.4 Å². The molecule has 0 fully saturated rings. The Labute approximate surface area is 154 Å². The summed E-state index contributed by atoms with van der Waals surface area (Å²) in [7, 11) is 3.15. The van der Waals surface area contributed by atoms with Crippen LogP contribution in [-0.4, -0.2) is 41.0 Å². The maximum Gasteiger partial charge on any atom is 0.313 e. The first-order chi connectivity index (χ1) is 12.6. The zero-order valence-electron chi connectivity index (χ0n) is 14.2. The second-order valence-electron chi connectivity index (χ2n) is 5.28. The van der Waals surface area contributed by atoms with Gasteiger partial charge in [0.15, 0.2) is 0 Å². The van der Waals surface area contributed by atoms with Gasteiger partial charge in [0, 0.05) is 29.3 Å². The van der Waals surface area contributed by atoms with Crippen LogP contribution in [0.3, 0.4) is 0 Å². The van der Waals surface area contributed by atoms with Gasteiger partial charge in [0.2, 0.25) is 5.95 Å². The topological polar surface area (TPSA) is 93.6 Å². The predicted molar refractivity (Wildman–Crippen MR) is 101 cm³/mol. The zero-order valence-corrected chi connectivity index (χ0v) is 15.0. The number of rotatable bonds is 7. The minimum Gasteiger partial charge on any atom is -0.497 e. The lowest BCUT2D eigenvalue weighted by molar-refractivity contribution is -0.133. The molecule has 0 radical (unpaired) electrons. The summed E-state index contributed by atoms with van der Waals surface area (Å²) >= 11 is 1.16. The second kappa shape index (κ2) is 7.92. The Morgan fingerprint density at radius 3 is 2.46 bits per heavy atom. The number of ether oxygens (including phenoxy) is 2. The van der Waals surface area contributed by atoms with Crippen molar-refractivity contribution in [2.24, 2.45) is 0 Å².